The predicted octanol–water partition coefficient (Wildman–Crippen LogP) is 3.35. The summed E-state index contributed by atoms with van der Waals surface area (Å²) in [5.74, 6) is 1.09. The van der Waals surface area contributed by atoms with Crippen molar-refractivity contribution in [3.63, 3.8) is 0 Å². The summed E-state index contributed by atoms with van der Waals surface area (Å²) in [6.07, 6.45) is 0. The summed E-state index contributed by atoms with van der Waals surface area (Å²) >= 11 is 6.40. The van der Waals surface area contributed by atoms with Crippen LogP contribution in [0.2, 0.25) is 5.02 Å². The van der Waals surface area contributed by atoms with Crippen molar-refractivity contribution >= 4 is 11.6 Å². The molecule has 0 radical (unpaired) electrons. The molecule has 3 nitrogen and oxygen atoms in total. The Morgan fingerprint density at radius 3 is 2.73 bits per heavy atom. The fraction of sp³-hybridized carbons (Fsp3) is 0.333. The second-order valence-corrected chi connectivity index (χ2v) is 6.30. The van der Waals surface area contributed by atoms with Gasteiger partial charge in [0.05, 0.1) is 0 Å². The van der Waals surface area contributed by atoms with Gasteiger partial charge in [-0.3, -0.25) is 0 Å². The van der Waals surface area contributed by atoms with Crippen LogP contribution in [0.5, 0.6) is 5.75 Å². The van der Waals surface area contributed by atoms with Crippen molar-refractivity contribution in [2.24, 2.45) is 5.73 Å². The van der Waals surface area contributed by atoms with Gasteiger partial charge in [0.2, 0.25) is 0 Å². The van der Waals surface area contributed by atoms with E-state index in [1.807, 2.05) is 32.3 Å². The van der Waals surface area contributed by atoms with Crippen molar-refractivity contribution in [3.8, 4) is 16.9 Å². The topological polar surface area (TPSA) is 38.5 Å². The molecule has 1 aliphatic carbocycles. The molecule has 0 saturated carbocycles. The predicted molar refractivity (Wildman–Crippen MR) is 91.8 cm³/mol. The molecule has 2 aromatic rings. The molecule has 116 valence electrons. The molecule has 3 rings (SSSR count). The lowest BCUT2D eigenvalue weighted by Crippen LogP contribution is -2.19. The molecule has 1 atom stereocenters. The Bertz CT molecular complexity index is 685. The fourth-order valence-electron chi connectivity index (χ4n) is 3.03. The second-order valence-electron chi connectivity index (χ2n) is 5.89. The molecule has 0 aliphatic heterocycles. The van der Waals surface area contributed by atoms with E-state index in [1.54, 1.807) is 0 Å². The summed E-state index contributed by atoms with van der Waals surface area (Å²) in [5.41, 5.74) is 10.7. The first-order chi connectivity index (χ1) is 10.6. The van der Waals surface area contributed by atoms with Crippen LogP contribution in [0, 0.1) is 0 Å². The number of hydrogen-bond acceptors (Lipinski definition) is 3. The highest BCUT2D eigenvalue weighted by atomic mass is 35.5. The normalized spacial score (nSPS) is 15.8. The van der Waals surface area contributed by atoms with E-state index in [-0.39, 0.29) is 5.92 Å². The minimum atomic E-state index is 0.195. The van der Waals surface area contributed by atoms with Crippen LogP contribution in [0.15, 0.2) is 36.4 Å². The summed E-state index contributed by atoms with van der Waals surface area (Å²) in [7, 11) is 4.07. The van der Waals surface area contributed by atoms with Crippen LogP contribution in [0.1, 0.15) is 17.0 Å². The standard InChI is InChI=1S/C18H21ClN2O/c1-21(2)8-9-22-12-6-7-14-15(10-12)16(11-20)13-4-3-5-17(19)18(13)14/h3-7,10,16H,8-9,11,20H2,1-2H3. The largest absolute Gasteiger partial charge is 0.492 e. The summed E-state index contributed by atoms with van der Waals surface area (Å²) < 4.78 is 5.85. The summed E-state index contributed by atoms with van der Waals surface area (Å²) in [4.78, 5) is 2.10. The van der Waals surface area contributed by atoms with Crippen LogP contribution in [-0.2, 0) is 0 Å². The number of nitrogens with two attached hydrogens (primary N) is 1. The number of hydrogen-bond donors (Lipinski definition) is 1. The lowest BCUT2D eigenvalue weighted by Gasteiger charge is -2.14. The second kappa shape index (κ2) is 6.29. The summed E-state index contributed by atoms with van der Waals surface area (Å²) in [6.45, 7) is 2.14. The molecule has 0 aromatic heterocycles. The molecule has 4 heteroatoms. The summed E-state index contributed by atoms with van der Waals surface area (Å²) in [6, 6.07) is 12.3. The van der Waals surface area contributed by atoms with E-state index in [0.717, 1.165) is 22.9 Å². The molecule has 2 aromatic carbocycles. The fourth-order valence-corrected chi connectivity index (χ4v) is 3.31. The maximum Gasteiger partial charge on any atom is 0.119 e. The highest BCUT2D eigenvalue weighted by molar-refractivity contribution is 6.33. The van der Waals surface area contributed by atoms with E-state index in [2.05, 4.69) is 23.1 Å². The van der Waals surface area contributed by atoms with E-state index in [1.165, 1.54) is 16.7 Å². The van der Waals surface area contributed by atoms with Gasteiger partial charge in [0.1, 0.15) is 12.4 Å². The molecule has 22 heavy (non-hydrogen) atoms. The molecule has 1 unspecified atom stereocenters. The first-order valence-corrected chi connectivity index (χ1v) is 7.90. The highest BCUT2D eigenvalue weighted by Gasteiger charge is 2.29. The van der Waals surface area contributed by atoms with Gasteiger partial charge in [-0.05, 0) is 49.0 Å². The van der Waals surface area contributed by atoms with E-state index in [0.29, 0.717) is 13.2 Å². The number of rotatable bonds is 5. The molecule has 0 spiro atoms. The molecule has 2 N–H and O–H groups in total. The van der Waals surface area contributed by atoms with Crippen LogP contribution in [0.4, 0.5) is 0 Å². The average Bonchev–Trinajstić information content (AvgIpc) is 2.81. The van der Waals surface area contributed by atoms with Crippen molar-refractivity contribution in [3.05, 3.63) is 52.5 Å². The van der Waals surface area contributed by atoms with E-state index in [9.17, 15) is 0 Å². The van der Waals surface area contributed by atoms with Gasteiger partial charge in [-0.25, -0.2) is 0 Å². The quantitative estimate of drug-likeness (QED) is 0.919. The molecule has 0 heterocycles. The zero-order chi connectivity index (χ0) is 15.7. The minimum absolute atomic E-state index is 0.195. The first kappa shape index (κ1) is 15.3. The van der Waals surface area contributed by atoms with E-state index < -0.39 is 0 Å². The third kappa shape index (κ3) is 2.72. The number of ether oxygens (including phenoxy) is 1. The van der Waals surface area contributed by atoms with Gasteiger partial charge in [0, 0.05) is 29.6 Å². The van der Waals surface area contributed by atoms with E-state index >= 15 is 0 Å². The van der Waals surface area contributed by atoms with Gasteiger partial charge in [0.25, 0.3) is 0 Å². The summed E-state index contributed by atoms with van der Waals surface area (Å²) in [5, 5.41) is 0.788. The molecular weight excluding hydrogens is 296 g/mol. The lowest BCUT2D eigenvalue weighted by molar-refractivity contribution is 0.261. The van der Waals surface area contributed by atoms with Crippen LogP contribution in [0.3, 0.4) is 0 Å². The monoisotopic (exact) mass is 316 g/mol. The smallest absolute Gasteiger partial charge is 0.119 e. The van der Waals surface area contributed by atoms with Gasteiger partial charge < -0.3 is 15.4 Å². The zero-order valence-corrected chi connectivity index (χ0v) is 13.7. The maximum absolute atomic E-state index is 6.40. The van der Waals surface area contributed by atoms with Crippen molar-refractivity contribution in [1.29, 1.82) is 0 Å². The van der Waals surface area contributed by atoms with Crippen LogP contribution < -0.4 is 10.5 Å². The third-order valence-electron chi connectivity index (χ3n) is 4.13. The van der Waals surface area contributed by atoms with Crippen molar-refractivity contribution in [2.45, 2.75) is 5.92 Å². The number of likely N-dealkylation sites (N-methyl/N-ethyl adjacent to an activating group) is 1. The third-order valence-corrected chi connectivity index (χ3v) is 4.45. The Labute approximate surface area is 136 Å². The van der Waals surface area contributed by atoms with Gasteiger partial charge in [-0.15, -0.1) is 0 Å². The molecule has 0 amide bonds. The Kier molecular flexibility index (Phi) is 4.39. The van der Waals surface area contributed by atoms with E-state index in [4.69, 9.17) is 22.1 Å². The average molecular weight is 317 g/mol. The number of fused-ring (bicyclic) bond motifs is 3. The first-order valence-electron chi connectivity index (χ1n) is 7.52. The minimum Gasteiger partial charge on any atom is -0.492 e. The van der Waals surface area contributed by atoms with Gasteiger partial charge in [-0.1, -0.05) is 29.8 Å². The Balaban J connectivity index is 1.93. The molecule has 1 aliphatic rings. The van der Waals surface area contributed by atoms with Gasteiger partial charge in [-0.2, -0.15) is 0 Å². The van der Waals surface area contributed by atoms with Crippen molar-refractivity contribution in [1.82, 2.24) is 4.90 Å². The molecule has 0 saturated heterocycles. The Morgan fingerprint density at radius 2 is 2.00 bits per heavy atom. The zero-order valence-electron chi connectivity index (χ0n) is 13.0. The Hall–Kier alpha value is -1.55. The lowest BCUT2D eigenvalue weighted by atomic mass is 9.97. The number of benzene rings is 2. The Morgan fingerprint density at radius 1 is 1.18 bits per heavy atom. The van der Waals surface area contributed by atoms with Gasteiger partial charge in [0.15, 0.2) is 0 Å². The molecule has 0 fully saturated rings. The number of halogens is 1. The molecule has 0 bridgehead atoms. The van der Waals surface area contributed by atoms with Crippen LogP contribution in [-0.4, -0.2) is 38.7 Å². The SMILES string of the molecule is CN(C)CCOc1ccc2c(c1)C(CN)c1cccc(Cl)c1-2. The highest BCUT2D eigenvalue weighted by Crippen LogP contribution is 2.48. The van der Waals surface area contributed by atoms with Crippen LogP contribution >= 0.6 is 11.6 Å². The van der Waals surface area contributed by atoms with Gasteiger partial charge >= 0.3 is 0 Å². The maximum atomic E-state index is 6.40. The molecular formula is C18H21ClN2O. The van der Waals surface area contributed by atoms with Crippen LogP contribution in [0.25, 0.3) is 11.1 Å². The number of nitrogens with zero attached hydrogens (tertiary/aromatic N) is 1. The van der Waals surface area contributed by atoms with Crippen molar-refractivity contribution in [2.75, 3.05) is 33.8 Å². The van der Waals surface area contributed by atoms with Crippen molar-refractivity contribution < 1.29 is 4.74 Å².